The van der Waals surface area contributed by atoms with Crippen LogP contribution >= 0.6 is 27.7 Å². The van der Waals surface area contributed by atoms with Gasteiger partial charge in [0.2, 0.25) is 0 Å². The van der Waals surface area contributed by atoms with Crippen LogP contribution in [-0.4, -0.2) is 18.2 Å². The Balaban J connectivity index is 2.41. The third-order valence-electron chi connectivity index (χ3n) is 1.85. The maximum absolute atomic E-state index is 5.69. The molecule has 0 aromatic heterocycles. The first kappa shape index (κ1) is 11.9. The Morgan fingerprint density at radius 1 is 1.29 bits per heavy atom. The average molecular weight is 275 g/mol. The maximum atomic E-state index is 5.69. The molecule has 0 atom stereocenters. The van der Waals surface area contributed by atoms with E-state index < -0.39 is 0 Å². The van der Waals surface area contributed by atoms with Gasteiger partial charge in [0.25, 0.3) is 0 Å². The number of ether oxygens (including phenoxy) is 1. The number of benzene rings is 1. The molecule has 0 N–H and O–H groups in total. The maximum Gasteiger partial charge on any atom is 0.132 e. The van der Waals surface area contributed by atoms with E-state index in [1.54, 1.807) is 11.8 Å². The molecule has 0 amide bonds. The molecule has 0 fully saturated rings. The van der Waals surface area contributed by atoms with Crippen molar-refractivity contribution in [3.05, 3.63) is 24.3 Å². The van der Waals surface area contributed by atoms with Crippen molar-refractivity contribution in [3.8, 4) is 5.75 Å². The Morgan fingerprint density at radius 3 is 2.79 bits per heavy atom. The second kappa shape index (κ2) is 7.18. The minimum Gasteiger partial charge on any atom is -0.492 e. The molecule has 1 aromatic carbocycles. The Bertz CT molecular complexity index is 265. The van der Waals surface area contributed by atoms with Gasteiger partial charge >= 0.3 is 0 Å². The molecule has 0 spiro atoms. The van der Waals surface area contributed by atoms with Gasteiger partial charge in [-0.05, 0) is 31.2 Å². The summed E-state index contributed by atoms with van der Waals surface area (Å²) in [5, 5.41) is 1.06. The molecule has 0 aliphatic rings. The zero-order valence-electron chi connectivity index (χ0n) is 8.33. The predicted octanol–water partition coefficient (Wildman–Crippen LogP) is 3.96. The number of hydrogen-bond donors (Lipinski definition) is 0. The second-order valence-electron chi connectivity index (χ2n) is 2.90. The van der Waals surface area contributed by atoms with Crippen LogP contribution in [0, 0.1) is 0 Å². The molecule has 3 heteroatoms. The van der Waals surface area contributed by atoms with Gasteiger partial charge in [-0.2, -0.15) is 0 Å². The Morgan fingerprint density at radius 2 is 2.07 bits per heavy atom. The molecule has 0 unspecified atom stereocenters. The van der Waals surface area contributed by atoms with Crippen molar-refractivity contribution in [1.29, 1.82) is 0 Å². The molecule has 0 radical (unpaired) electrons. The highest BCUT2D eigenvalue weighted by Crippen LogP contribution is 2.26. The van der Waals surface area contributed by atoms with Crippen molar-refractivity contribution in [1.82, 2.24) is 0 Å². The monoisotopic (exact) mass is 274 g/mol. The zero-order valence-corrected chi connectivity index (χ0v) is 10.7. The summed E-state index contributed by atoms with van der Waals surface area (Å²) in [4.78, 5) is 1.21. The van der Waals surface area contributed by atoms with Gasteiger partial charge in [0.05, 0.1) is 6.61 Å². The number of rotatable bonds is 6. The lowest BCUT2D eigenvalue weighted by molar-refractivity contribution is 0.303. The van der Waals surface area contributed by atoms with Gasteiger partial charge in [-0.3, -0.25) is 0 Å². The summed E-state index contributed by atoms with van der Waals surface area (Å²) in [5.41, 5.74) is 0. The molecule has 1 nitrogen and oxygen atoms in total. The van der Waals surface area contributed by atoms with E-state index in [1.807, 2.05) is 18.2 Å². The van der Waals surface area contributed by atoms with Crippen LogP contribution in [0.1, 0.15) is 12.8 Å². The van der Waals surface area contributed by atoms with Crippen LogP contribution < -0.4 is 4.74 Å². The molecule has 0 bridgehead atoms. The molecule has 1 aromatic rings. The molecule has 14 heavy (non-hydrogen) atoms. The number of alkyl halides is 1. The first-order valence-corrected chi connectivity index (χ1v) is 7.05. The van der Waals surface area contributed by atoms with Gasteiger partial charge in [-0.15, -0.1) is 11.8 Å². The first-order chi connectivity index (χ1) is 6.88. The topological polar surface area (TPSA) is 9.23 Å². The number of thioether (sulfide) groups is 1. The summed E-state index contributed by atoms with van der Waals surface area (Å²) in [6.45, 7) is 0.809. The molecule has 78 valence electrons. The summed E-state index contributed by atoms with van der Waals surface area (Å²) >= 11 is 5.13. The van der Waals surface area contributed by atoms with E-state index in [0.29, 0.717) is 0 Å². The minimum absolute atomic E-state index is 0.809. The molecule has 0 saturated heterocycles. The highest BCUT2D eigenvalue weighted by Gasteiger charge is 1.99. The van der Waals surface area contributed by atoms with Crippen molar-refractivity contribution in [2.24, 2.45) is 0 Å². The quantitative estimate of drug-likeness (QED) is 0.441. The second-order valence-corrected chi connectivity index (χ2v) is 4.54. The van der Waals surface area contributed by atoms with Crippen LogP contribution in [0.5, 0.6) is 5.75 Å². The number of hydrogen-bond acceptors (Lipinski definition) is 2. The molecule has 0 aliphatic heterocycles. The van der Waals surface area contributed by atoms with Crippen LogP contribution in [0.4, 0.5) is 0 Å². The number of halogens is 1. The van der Waals surface area contributed by atoms with Gasteiger partial charge in [0.15, 0.2) is 0 Å². The third-order valence-corrected chi connectivity index (χ3v) is 3.19. The van der Waals surface area contributed by atoms with Crippen LogP contribution in [0.25, 0.3) is 0 Å². The smallest absolute Gasteiger partial charge is 0.132 e. The van der Waals surface area contributed by atoms with Crippen molar-refractivity contribution in [3.63, 3.8) is 0 Å². The first-order valence-electron chi connectivity index (χ1n) is 4.70. The van der Waals surface area contributed by atoms with Crippen LogP contribution in [0.2, 0.25) is 0 Å². The van der Waals surface area contributed by atoms with Crippen LogP contribution in [0.15, 0.2) is 29.2 Å². The number of unbranched alkanes of at least 4 members (excludes halogenated alkanes) is 1. The van der Waals surface area contributed by atoms with Crippen molar-refractivity contribution in [2.75, 3.05) is 18.2 Å². The fourth-order valence-corrected chi connectivity index (χ4v) is 2.06. The Labute approximate surface area is 98.4 Å². The normalized spacial score (nSPS) is 10.1. The fraction of sp³-hybridized carbons (Fsp3) is 0.455. The van der Waals surface area contributed by atoms with Gasteiger partial charge < -0.3 is 4.74 Å². The molecule has 0 heterocycles. The average Bonchev–Trinajstić information content (AvgIpc) is 2.25. The molecule has 1 rings (SSSR count). The third kappa shape index (κ3) is 3.93. The minimum atomic E-state index is 0.809. The fourth-order valence-electron chi connectivity index (χ4n) is 1.12. The lowest BCUT2D eigenvalue weighted by Crippen LogP contribution is -1.98. The number of para-hydroxylation sites is 1. The highest BCUT2D eigenvalue weighted by atomic mass is 79.9. The van der Waals surface area contributed by atoms with E-state index in [1.165, 1.54) is 11.3 Å². The van der Waals surface area contributed by atoms with E-state index in [2.05, 4.69) is 28.3 Å². The molecule has 0 aliphatic carbocycles. The van der Waals surface area contributed by atoms with Gasteiger partial charge in [0, 0.05) is 10.2 Å². The van der Waals surface area contributed by atoms with E-state index in [4.69, 9.17) is 4.74 Å². The van der Waals surface area contributed by atoms with Gasteiger partial charge in [-0.1, -0.05) is 28.1 Å². The predicted molar refractivity (Wildman–Crippen MR) is 66.7 cm³/mol. The lowest BCUT2D eigenvalue weighted by Gasteiger charge is -2.08. The Kier molecular flexibility index (Phi) is 6.12. The van der Waals surface area contributed by atoms with Crippen molar-refractivity contribution in [2.45, 2.75) is 17.7 Å². The van der Waals surface area contributed by atoms with Crippen LogP contribution in [-0.2, 0) is 0 Å². The van der Waals surface area contributed by atoms with Gasteiger partial charge in [0.1, 0.15) is 5.75 Å². The van der Waals surface area contributed by atoms with Crippen molar-refractivity contribution >= 4 is 27.7 Å². The van der Waals surface area contributed by atoms with E-state index in [-0.39, 0.29) is 0 Å². The van der Waals surface area contributed by atoms with Crippen LogP contribution in [0.3, 0.4) is 0 Å². The molecule has 0 saturated carbocycles. The summed E-state index contributed by atoms with van der Waals surface area (Å²) in [7, 11) is 0. The summed E-state index contributed by atoms with van der Waals surface area (Å²) in [6.07, 6.45) is 4.34. The summed E-state index contributed by atoms with van der Waals surface area (Å²) < 4.78 is 5.69. The van der Waals surface area contributed by atoms with E-state index in [0.717, 1.165) is 24.1 Å². The van der Waals surface area contributed by atoms with Crippen molar-refractivity contribution < 1.29 is 4.74 Å². The lowest BCUT2D eigenvalue weighted by atomic mass is 10.3. The summed E-state index contributed by atoms with van der Waals surface area (Å²) in [6, 6.07) is 8.17. The Hall–Kier alpha value is -0.150. The molecular weight excluding hydrogens is 260 g/mol. The van der Waals surface area contributed by atoms with E-state index in [9.17, 15) is 0 Å². The SMILES string of the molecule is CSc1ccccc1OCCCCBr. The summed E-state index contributed by atoms with van der Waals surface area (Å²) in [5.74, 6) is 1.01. The molecular formula is C11H15BrOS. The van der Waals surface area contributed by atoms with E-state index >= 15 is 0 Å². The standard InChI is InChI=1S/C11H15BrOS/c1-14-11-7-3-2-6-10(11)13-9-5-4-8-12/h2-3,6-7H,4-5,8-9H2,1H3. The highest BCUT2D eigenvalue weighted by molar-refractivity contribution is 9.09. The zero-order chi connectivity index (χ0) is 10.2. The largest absolute Gasteiger partial charge is 0.492 e. The van der Waals surface area contributed by atoms with Gasteiger partial charge in [-0.25, -0.2) is 0 Å².